The predicted molar refractivity (Wildman–Crippen MR) is 50.6 cm³/mol. The molecule has 0 aliphatic carbocycles. The van der Waals surface area contributed by atoms with Gasteiger partial charge in [0.25, 0.3) is 0 Å². The largest absolute Gasteiger partial charge is 0.452 e. The van der Waals surface area contributed by atoms with E-state index in [0.717, 1.165) is 12.3 Å². The molecule has 0 fully saturated rings. The first-order chi connectivity index (χ1) is 7.50. The van der Waals surface area contributed by atoms with E-state index in [1.807, 2.05) is 0 Å². The Balaban J connectivity index is 2.54. The molecular weight excluding hydrogens is 223 g/mol. The molecule has 16 heavy (non-hydrogen) atoms. The maximum atomic E-state index is 12.3. The van der Waals surface area contributed by atoms with Crippen LogP contribution in [0.5, 0.6) is 0 Å². The van der Waals surface area contributed by atoms with Crippen LogP contribution in [0.2, 0.25) is 0 Å². The second-order valence-corrected chi connectivity index (χ2v) is 3.15. The van der Waals surface area contributed by atoms with Gasteiger partial charge in [-0.3, -0.25) is 0 Å². The number of halogens is 3. The van der Waals surface area contributed by atoms with Crippen LogP contribution in [0.15, 0.2) is 33.8 Å². The lowest BCUT2D eigenvalue weighted by Gasteiger charge is -1.98. The molecule has 2 aromatic rings. The lowest BCUT2D eigenvalue weighted by Crippen LogP contribution is -2.01. The van der Waals surface area contributed by atoms with Crippen LogP contribution >= 0.6 is 0 Å². The smallest absolute Gasteiger partial charge is 0.449 e. The Bertz CT molecular complexity index is 542. The molecule has 0 unspecified atom stereocenters. The van der Waals surface area contributed by atoms with E-state index in [-0.39, 0.29) is 5.58 Å². The summed E-state index contributed by atoms with van der Waals surface area (Å²) in [6.07, 6.45) is -3.37. The number of benzene rings is 1. The Morgan fingerprint density at radius 1 is 1.25 bits per heavy atom. The first kappa shape index (κ1) is 10.5. The van der Waals surface area contributed by atoms with Gasteiger partial charge in [-0.2, -0.15) is 13.2 Å². The van der Waals surface area contributed by atoms with Gasteiger partial charge < -0.3 is 9.62 Å². The molecule has 0 bridgehead atoms. The van der Waals surface area contributed by atoms with Gasteiger partial charge in [0.05, 0.1) is 6.21 Å². The highest BCUT2D eigenvalue weighted by atomic mass is 19.4. The van der Waals surface area contributed by atoms with Crippen molar-refractivity contribution in [1.29, 1.82) is 0 Å². The van der Waals surface area contributed by atoms with E-state index in [9.17, 15) is 13.2 Å². The van der Waals surface area contributed by atoms with Gasteiger partial charge in [0.15, 0.2) is 0 Å². The van der Waals surface area contributed by atoms with E-state index in [0.29, 0.717) is 10.9 Å². The third-order valence-electron chi connectivity index (χ3n) is 2.03. The first-order valence-corrected chi connectivity index (χ1v) is 4.29. The van der Waals surface area contributed by atoms with Crippen LogP contribution in [0.25, 0.3) is 11.0 Å². The summed E-state index contributed by atoms with van der Waals surface area (Å²) >= 11 is 0. The van der Waals surface area contributed by atoms with Crippen molar-refractivity contribution in [1.82, 2.24) is 0 Å². The first-order valence-electron chi connectivity index (χ1n) is 4.29. The Morgan fingerprint density at radius 3 is 2.62 bits per heavy atom. The highest BCUT2D eigenvalue weighted by Crippen LogP contribution is 2.33. The molecule has 1 heterocycles. The third-order valence-corrected chi connectivity index (χ3v) is 2.03. The van der Waals surface area contributed by atoms with Crippen molar-refractivity contribution < 1.29 is 22.8 Å². The summed E-state index contributed by atoms with van der Waals surface area (Å²) in [5, 5.41) is 11.4. The fourth-order valence-corrected chi connectivity index (χ4v) is 1.35. The minimum absolute atomic E-state index is 0.141. The SMILES string of the molecule is ON=Cc1ccc2oc(C(F)(F)F)cc2c1. The van der Waals surface area contributed by atoms with Crippen LogP contribution in [0.3, 0.4) is 0 Å². The van der Waals surface area contributed by atoms with Gasteiger partial charge in [0.1, 0.15) is 5.58 Å². The van der Waals surface area contributed by atoms with Gasteiger partial charge in [0.2, 0.25) is 5.76 Å². The number of furan rings is 1. The van der Waals surface area contributed by atoms with Gasteiger partial charge in [0, 0.05) is 5.39 Å². The van der Waals surface area contributed by atoms with E-state index in [2.05, 4.69) is 9.57 Å². The third kappa shape index (κ3) is 1.86. The maximum Gasteiger partial charge on any atom is 0.449 e. The fourth-order valence-electron chi connectivity index (χ4n) is 1.35. The van der Waals surface area contributed by atoms with Crippen LogP contribution in [0, 0.1) is 0 Å². The number of hydrogen-bond donors (Lipinski definition) is 1. The number of alkyl halides is 3. The average Bonchev–Trinajstić information content (AvgIpc) is 2.60. The Hall–Kier alpha value is -1.98. The van der Waals surface area contributed by atoms with Crippen molar-refractivity contribution in [3.05, 3.63) is 35.6 Å². The van der Waals surface area contributed by atoms with E-state index < -0.39 is 11.9 Å². The number of nitrogens with zero attached hydrogens (tertiary/aromatic N) is 1. The van der Waals surface area contributed by atoms with E-state index in [4.69, 9.17) is 5.21 Å². The quantitative estimate of drug-likeness (QED) is 0.463. The van der Waals surface area contributed by atoms with Crippen molar-refractivity contribution in [3.8, 4) is 0 Å². The summed E-state index contributed by atoms with van der Waals surface area (Å²) in [6, 6.07) is 5.23. The van der Waals surface area contributed by atoms with Crippen molar-refractivity contribution in [3.63, 3.8) is 0 Å². The van der Waals surface area contributed by atoms with Crippen molar-refractivity contribution in [2.75, 3.05) is 0 Å². The summed E-state index contributed by atoms with van der Waals surface area (Å²) in [5.41, 5.74) is 0.631. The molecule has 0 radical (unpaired) electrons. The molecule has 0 spiro atoms. The minimum atomic E-state index is -4.50. The molecule has 2 rings (SSSR count). The monoisotopic (exact) mass is 229 g/mol. The number of oxime groups is 1. The molecule has 0 saturated heterocycles. The van der Waals surface area contributed by atoms with Crippen LogP contribution in [-0.4, -0.2) is 11.4 Å². The van der Waals surface area contributed by atoms with Gasteiger partial charge in [-0.05, 0) is 29.8 Å². The van der Waals surface area contributed by atoms with Crippen LogP contribution in [0.4, 0.5) is 13.2 Å². The molecule has 0 aliphatic heterocycles. The lowest BCUT2D eigenvalue weighted by molar-refractivity contribution is -0.152. The summed E-state index contributed by atoms with van der Waals surface area (Å²) < 4.78 is 41.6. The van der Waals surface area contributed by atoms with E-state index in [1.165, 1.54) is 18.2 Å². The molecule has 0 amide bonds. The molecular formula is C10H6F3NO2. The maximum absolute atomic E-state index is 12.3. The second-order valence-electron chi connectivity index (χ2n) is 3.15. The predicted octanol–water partition coefficient (Wildman–Crippen LogP) is 3.26. The highest BCUT2D eigenvalue weighted by molar-refractivity contribution is 5.88. The molecule has 84 valence electrons. The molecule has 1 aromatic carbocycles. The fraction of sp³-hybridized carbons (Fsp3) is 0.100. The zero-order chi connectivity index (χ0) is 11.8. The lowest BCUT2D eigenvalue weighted by atomic mass is 10.2. The van der Waals surface area contributed by atoms with Gasteiger partial charge in [-0.25, -0.2) is 0 Å². The Labute approximate surface area is 87.8 Å². The Morgan fingerprint density at radius 2 is 2.00 bits per heavy atom. The number of rotatable bonds is 1. The number of fused-ring (bicyclic) bond motifs is 1. The Kier molecular flexibility index (Phi) is 2.34. The van der Waals surface area contributed by atoms with Crippen LogP contribution in [-0.2, 0) is 6.18 Å². The van der Waals surface area contributed by atoms with Gasteiger partial charge in [-0.15, -0.1) is 0 Å². The second kappa shape index (κ2) is 3.55. The zero-order valence-electron chi connectivity index (χ0n) is 7.82. The molecule has 0 aliphatic rings. The van der Waals surface area contributed by atoms with Crippen molar-refractivity contribution >= 4 is 17.2 Å². The van der Waals surface area contributed by atoms with Crippen molar-refractivity contribution in [2.24, 2.45) is 5.16 Å². The topological polar surface area (TPSA) is 45.7 Å². The van der Waals surface area contributed by atoms with Gasteiger partial charge in [-0.1, -0.05) is 5.16 Å². The summed E-state index contributed by atoms with van der Waals surface area (Å²) in [4.78, 5) is 0. The van der Waals surface area contributed by atoms with E-state index in [1.54, 1.807) is 0 Å². The van der Waals surface area contributed by atoms with E-state index >= 15 is 0 Å². The van der Waals surface area contributed by atoms with Gasteiger partial charge >= 0.3 is 6.18 Å². The summed E-state index contributed by atoms with van der Waals surface area (Å²) in [7, 11) is 0. The average molecular weight is 229 g/mol. The molecule has 1 aromatic heterocycles. The molecule has 3 nitrogen and oxygen atoms in total. The minimum Gasteiger partial charge on any atom is -0.452 e. The zero-order valence-corrected chi connectivity index (χ0v) is 7.82. The molecule has 1 N–H and O–H groups in total. The highest BCUT2D eigenvalue weighted by Gasteiger charge is 2.35. The molecule has 0 saturated carbocycles. The summed E-state index contributed by atoms with van der Waals surface area (Å²) in [5.74, 6) is -1.04. The number of hydrogen-bond acceptors (Lipinski definition) is 3. The van der Waals surface area contributed by atoms with Crippen LogP contribution in [0.1, 0.15) is 11.3 Å². The van der Waals surface area contributed by atoms with Crippen LogP contribution < -0.4 is 0 Å². The standard InChI is InChI=1S/C10H6F3NO2/c11-10(12,13)9-4-7-3-6(5-14-15)1-2-8(7)16-9/h1-5,15H. The molecule has 0 atom stereocenters. The summed E-state index contributed by atoms with van der Waals surface area (Å²) in [6.45, 7) is 0. The molecule has 6 heteroatoms. The normalized spacial score (nSPS) is 12.7. The van der Waals surface area contributed by atoms with Crippen molar-refractivity contribution in [2.45, 2.75) is 6.18 Å².